The third kappa shape index (κ3) is 7.18. The molecule has 36 heavy (non-hydrogen) atoms. The summed E-state index contributed by atoms with van der Waals surface area (Å²) in [6, 6.07) is 14.3. The van der Waals surface area contributed by atoms with Crippen LogP contribution >= 0.6 is 0 Å². The summed E-state index contributed by atoms with van der Waals surface area (Å²) in [5.74, 6) is 2.39. The second-order valence-electron chi connectivity index (χ2n) is 8.93. The Hall–Kier alpha value is -3.65. The second-order valence-corrected chi connectivity index (χ2v) is 8.93. The number of hydrogen-bond donors (Lipinski definition) is 1. The summed E-state index contributed by atoms with van der Waals surface area (Å²) in [6.07, 6.45) is 5.63. The van der Waals surface area contributed by atoms with Gasteiger partial charge in [0, 0.05) is 69.0 Å². The van der Waals surface area contributed by atoms with Crippen LogP contribution < -0.4 is 14.8 Å². The van der Waals surface area contributed by atoms with Crippen molar-refractivity contribution >= 4 is 11.7 Å². The molecule has 2 aromatic carbocycles. The molecule has 8 heteroatoms. The number of nitrogens with zero attached hydrogens (tertiary/aromatic N) is 3. The highest BCUT2D eigenvalue weighted by Gasteiger charge is 2.22. The van der Waals surface area contributed by atoms with Gasteiger partial charge in [-0.2, -0.15) is 0 Å². The van der Waals surface area contributed by atoms with Gasteiger partial charge in [0.25, 0.3) is 0 Å². The number of amides is 2. The van der Waals surface area contributed by atoms with Crippen LogP contribution in [0.4, 0.5) is 14.9 Å². The topological polar surface area (TPSA) is 66.9 Å². The van der Waals surface area contributed by atoms with Crippen LogP contribution in [-0.4, -0.2) is 53.5 Å². The molecule has 0 atom stereocenters. The molecule has 0 aliphatic carbocycles. The van der Waals surface area contributed by atoms with Gasteiger partial charge in [0.15, 0.2) is 0 Å². The van der Waals surface area contributed by atoms with Crippen LogP contribution in [-0.2, 0) is 0 Å². The van der Waals surface area contributed by atoms with Crippen molar-refractivity contribution < 1.29 is 18.7 Å². The quantitative estimate of drug-likeness (QED) is 0.375. The van der Waals surface area contributed by atoms with Crippen molar-refractivity contribution in [2.75, 3.05) is 38.0 Å². The van der Waals surface area contributed by atoms with E-state index in [2.05, 4.69) is 29.0 Å². The maximum Gasteiger partial charge on any atom is 0.321 e. The van der Waals surface area contributed by atoms with E-state index in [-0.39, 0.29) is 11.8 Å². The fourth-order valence-electron chi connectivity index (χ4n) is 4.19. The van der Waals surface area contributed by atoms with Crippen LogP contribution in [0.5, 0.6) is 23.0 Å². The Bertz CT molecular complexity index is 1120. The first-order valence-corrected chi connectivity index (χ1v) is 12.5. The summed E-state index contributed by atoms with van der Waals surface area (Å²) in [7, 11) is 0. The SMILES string of the molecule is CCC(CC)CN1CCN(C(=O)Nc2cc(Oc3ccncc3)cc(Oc3ccc(F)cc3)c2)CC1. The molecule has 1 aliphatic heterocycles. The molecule has 0 saturated carbocycles. The number of urea groups is 1. The standard InChI is InChI=1S/C28H33FN4O3/c1-3-21(4-2)20-32-13-15-33(16-14-32)28(34)31-23-17-26(35-24-7-5-22(29)6-8-24)19-27(18-23)36-25-9-11-30-12-10-25/h5-12,17-19,21H,3-4,13-16,20H2,1-2H3,(H,31,34). The smallest absolute Gasteiger partial charge is 0.321 e. The number of rotatable bonds is 9. The van der Waals surface area contributed by atoms with E-state index in [1.54, 1.807) is 54.9 Å². The fraction of sp³-hybridized carbons (Fsp3) is 0.357. The molecule has 1 N–H and O–H groups in total. The number of halogens is 1. The van der Waals surface area contributed by atoms with Gasteiger partial charge in [-0.05, 0) is 42.3 Å². The first-order chi connectivity index (χ1) is 17.5. The third-order valence-electron chi connectivity index (χ3n) is 6.40. The average Bonchev–Trinajstić information content (AvgIpc) is 2.89. The van der Waals surface area contributed by atoms with Crippen molar-refractivity contribution in [3.8, 4) is 23.0 Å². The van der Waals surface area contributed by atoms with Crippen molar-refractivity contribution in [2.45, 2.75) is 26.7 Å². The molecule has 0 spiro atoms. The molecule has 1 aromatic heterocycles. The zero-order valence-electron chi connectivity index (χ0n) is 20.8. The lowest BCUT2D eigenvalue weighted by Crippen LogP contribution is -2.50. The van der Waals surface area contributed by atoms with Crippen molar-refractivity contribution in [1.82, 2.24) is 14.8 Å². The zero-order chi connectivity index (χ0) is 25.3. The number of nitrogens with one attached hydrogen (secondary N) is 1. The number of aromatic nitrogens is 1. The minimum absolute atomic E-state index is 0.161. The molecule has 0 radical (unpaired) electrons. The fourth-order valence-corrected chi connectivity index (χ4v) is 4.19. The van der Waals surface area contributed by atoms with E-state index in [9.17, 15) is 9.18 Å². The van der Waals surface area contributed by atoms with Crippen LogP contribution in [0, 0.1) is 11.7 Å². The summed E-state index contributed by atoms with van der Waals surface area (Å²) < 4.78 is 25.2. The Labute approximate surface area is 211 Å². The van der Waals surface area contributed by atoms with Gasteiger partial charge in [-0.15, -0.1) is 0 Å². The van der Waals surface area contributed by atoms with E-state index in [0.717, 1.165) is 19.6 Å². The first-order valence-electron chi connectivity index (χ1n) is 12.5. The van der Waals surface area contributed by atoms with E-state index in [0.29, 0.717) is 47.7 Å². The van der Waals surface area contributed by atoms with Crippen LogP contribution in [0.2, 0.25) is 0 Å². The van der Waals surface area contributed by atoms with Crippen LogP contribution in [0.1, 0.15) is 26.7 Å². The number of piperazine rings is 1. The lowest BCUT2D eigenvalue weighted by Gasteiger charge is -2.36. The normalized spacial score (nSPS) is 14.1. The highest BCUT2D eigenvalue weighted by molar-refractivity contribution is 5.90. The van der Waals surface area contributed by atoms with Gasteiger partial charge in [-0.3, -0.25) is 9.88 Å². The number of hydrogen-bond acceptors (Lipinski definition) is 5. The number of carbonyl (C=O) groups excluding carboxylic acids is 1. The molecule has 1 saturated heterocycles. The van der Waals surface area contributed by atoms with Crippen molar-refractivity contribution in [2.24, 2.45) is 5.92 Å². The van der Waals surface area contributed by atoms with E-state index < -0.39 is 0 Å². The molecular formula is C28H33FN4O3. The highest BCUT2D eigenvalue weighted by Crippen LogP contribution is 2.32. The molecule has 2 heterocycles. The van der Waals surface area contributed by atoms with Gasteiger partial charge < -0.3 is 19.7 Å². The molecule has 1 fully saturated rings. The van der Waals surface area contributed by atoms with Gasteiger partial charge >= 0.3 is 6.03 Å². The van der Waals surface area contributed by atoms with Gasteiger partial charge in [0.1, 0.15) is 28.8 Å². The average molecular weight is 493 g/mol. The predicted molar refractivity (Wildman–Crippen MR) is 138 cm³/mol. The number of ether oxygens (including phenoxy) is 2. The monoisotopic (exact) mass is 492 g/mol. The number of carbonyl (C=O) groups is 1. The molecule has 0 bridgehead atoms. The lowest BCUT2D eigenvalue weighted by atomic mass is 10.0. The summed E-state index contributed by atoms with van der Waals surface area (Å²) in [6.45, 7) is 8.65. The molecule has 0 unspecified atom stereocenters. The van der Waals surface area contributed by atoms with Gasteiger partial charge in [0.05, 0.1) is 0 Å². The molecule has 3 aromatic rings. The van der Waals surface area contributed by atoms with Gasteiger partial charge in [0.2, 0.25) is 0 Å². The van der Waals surface area contributed by atoms with Gasteiger partial charge in [-0.25, -0.2) is 9.18 Å². The minimum Gasteiger partial charge on any atom is -0.457 e. The Morgan fingerprint density at radius 3 is 2.06 bits per heavy atom. The van der Waals surface area contributed by atoms with Crippen LogP contribution in [0.3, 0.4) is 0 Å². The Balaban J connectivity index is 1.45. The summed E-state index contributed by atoms with van der Waals surface area (Å²) in [4.78, 5) is 21.3. The Kier molecular flexibility index (Phi) is 8.73. The summed E-state index contributed by atoms with van der Waals surface area (Å²) in [5.41, 5.74) is 0.545. The molecule has 1 aliphatic rings. The zero-order valence-corrected chi connectivity index (χ0v) is 20.8. The van der Waals surface area contributed by atoms with Crippen molar-refractivity contribution in [3.05, 3.63) is 72.8 Å². The molecule has 4 rings (SSSR count). The van der Waals surface area contributed by atoms with Crippen LogP contribution in [0.25, 0.3) is 0 Å². The van der Waals surface area contributed by atoms with Gasteiger partial charge in [-0.1, -0.05) is 26.7 Å². The molecule has 190 valence electrons. The van der Waals surface area contributed by atoms with E-state index in [1.807, 2.05) is 4.90 Å². The van der Waals surface area contributed by atoms with Crippen molar-refractivity contribution in [3.63, 3.8) is 0 Å². The van der Waals surface area contributed by atoms with Crippen LogP contribution in [0.15, 0.2) is 67.0 Å². The number of anilines is 1. The van der Waals surface area contributed by atoms with E-state index in [1.165, 1.54) is 25.0 Å². The summed E-state index contributed by atoms with van der Waals surface area (Å²) in [5, 5.41) is 2.99. The third-order valence-corrected chi connectivity index (χ3v) is 6.40. The highest BCUT2D eigenvalue weighted by atomic mass is 19.1. The lowest BCUT2D eigenvalue weighted by molar-refractivity contribution is 0.132. The molecule has 2 amide bonds. The summed E-state index contributed by atoms with van der Waals surface area (Å²) >= 11 is 0. The van der Waals surface area contributed by atoms with Crippen molar-refractivity contribution in [1.29, 1.82) is 0 Å². The Morgan fingerprint density at radius 1 is 0.889 bits per heavy atom. The number of benzene rings is 2. The minimum atomic E-state index is -0.343. The predicted octanol–water partition coefficient (Wildman–Crippen LogP) is 6.39. The number of pyridine rings is 1. The second kappa shape index (κ2) is 12.4. The maximum absolute atomic E-state index is 13.3. The van der Waals surface area contributed by atoms with E-state index >= 15 is 0 Å². The Morgan fingerprint density at radius 2 is 1.47 bits per heavy atom. The largest absolute Gasteiger partial charge is 0.457 e. The first kappa shape index (κ1) is 25.4. The van der Waals surface area contributed by atoms with E-state index in [4.69, 9.17) is 9.47 Å². The maximum atomic E-state index is 13.3. The molecular weight excluding hydrogens is 459 g/mol. The molecule has 7 nitrogen and oxygen atoms in total.